The zero-order valence-electron chi connectivity index (χ0n) is 9.68. The van der Waals surface area contributed by atoms with Gasteiger partial charge in [0.05, 0.1) is 0 Å². The van der Waals surface area contributed by atoms with Crippen LogP contribution in [0, 0.1) is 5.41 Å². The third-order valence-corrected chi connectivity index (χ3v) is 3.71. The molecular formula is C11H13BF2N2O2. The first-order valence-electron chi connectivity index (χ1n) is 5.84. The summed E-state index contributed by atoms with van der Waals surface area (Å²) in [4.78, 5) is 6.03. The summed E-state index contributed by atoms with van der Waals surface area (Å²) in [7, 11) is -1.53. The lowest BCUT2D eigenvalue weighted by Gasteiger charge is -2.59. The lowest BCUT2D eigenvalue weighted by atomic mass is 9.61. The monoisotopic (exact) mass is 254 g/mol. The summed E-state index contributed by atoms with van der Waals surface area (Å²) in [5, 5.41) is 17.9. The molecule has 3 rings (SSSR count). The van der Waals surface area contributed by atoms with Crippen LogP contribution in [0.25, 0.3) is 0 Å². The first-order valence-corrected chi connectivity index (χ1v) is 5.84. The second-order valence-electron chi connectivity index (χ2n) is 5.39. The summed E-state index contributed by atoms with van der Waals surface area (Å²) < 4.78 is 25.7. The molecular weight excluding hydrogens is 241 g/mol. The first kappa shape index (κ1) is 11.9. The molecule has 0 aromatic carbocycles. The molecule has 1 aliphatic carbocycles. The zero-order valence-corrected chi connectivity index (χ0v) is 9.68. The highest BCUT2D eigenvalue weighted by molar-refractivity contribution is 6.58. The van der Waals surface area contributed by atoms with Gasteiger partial charge in [0.2, 0.25) is 5.92 Å². The van der Waals surface area contributed by atoms with E-state index in [0.717, 1.165) is 0 Å². The lowest BCUT2D eigenvalue weighted by Crippen LogP contribution is -2.66. The number of halogens is 2. The molecule has 1 saturated carbocycles. The molecule has 2 heterocycles. The quantitative estimate of drug-likeness (QED) is 0.729. The summed E-state index contributed by atoms with van der Waals surface area (Å²) in [5.74, 6) is -1.79. The highest BCUT2D eigenvalue weighted by Crippen LogP contribution is 2.57. The van der Waals surface area contributed by atoms with Gasteiger partial charge in [0.1, 0.15) is 5.82 Å². The van der Waals surface area contributed by atoms with E-state index in [9.17, 15) is 8.78 Å². The van der Waals surface area contributed by atoms with Crippen LogP contribution >= 0.6 is 0 Å². The van der Waals surface area contributed by atoms with Crippen LogP contribution in [0.2, 0.25) is 0 Å². The van der Waals surface area contributed by atoms with Gasteiger partial charge >= 0.3 is 7.12 Å². The van der Waals surface area contributed by atoms with Gasteiger partial charge in [0.25, 0.3) is 0 Å². The predicted molar refractivity (Wildman–Crippen MR) is 62.9 cm³/mol. The Morgan fingerprint density at radius 1 is 1.22 bits per heavy atom. The Labute approximate surface area is 103 Å². The highest BCUT2D eigenvalue weighted by Gasteiger charge is 2.61. The second kappa shape index (κ2) is 3.65. The number of alkyl halides is 2. The van der Waals surface area contributed by atoms with Crippen molar-refractivity contribution in [1.82, 2.24) is 4.98 Å². The third kappa shape index (κ3) is 1.87. The van der Waals surface area contributed by atoms with E-state index in [-0.39, 0.29) is 18.3 Å². The van der Waals surface area contributed by atoms with Gasteiger partial charge < -0.3 is 14.9 Å². The Morgan fingerprint density at radius 3 is 2.33 bits per heavy atom. The van der Waals surface area contributed by atoms with E-state index in [1.165, 1.54) is 6.20 Å². The number of hydrogen-bond acceptors (Lipinski definition) is 4. The van der Waals surface area contributed by atoms with Gasteiger partial charge in [-0.05, 0) is 6.07 Å². The second-order valence-corrected chi connectivity index (χ2v) is 5.39. The number of aromatic nitrogens is 1. The largest absolute Gasteiger partial charge is 0.490 e. The maximum Gasteiger partial charge on any atom is 0.490 e. The minimum absolute atomic E-state index is 0.0239. The van der Waals surface area contributed by atoms with Crippen molar-refractivity contribution >= 4 is 18.4 Å². The molecule has 1 spiro atoms. The van der Waals surface area contributed by atoms with Gasteiger partial charge in [-0.1, -0.05) is 6.07 Å². The van der Waals surface area contributed by atoms with Crippen molar-refractivity contribution in [3.05, 3.63) is 18.3 Å². The smallest absolute Gasteiger partial charge is 0.423 e. The van der Waals surface area contributed by atoms with Crippen molar-refractivity contribution in [2.45, 2.75) is 18.8 Å². The minimum Gasteiger partial charge on any atom is -0.423 e. The molecule has 96 valence electrons. The van der Waals surface area contributed by atoms with E-state index in [1.807, 2.05) is 4.90 Å². The molecule has 1 aromatic heterocycles. The summed E-state index contributed by atoms with van der Waals surface area (Å²) in [6.07, 6.45) is 1.34. The van der Waals surface area contributed by atoms with E-state index in [0.29, 0.717) is 24.4 Å². The Bertz CT molecular complexity index is 451. The maximum atomic E-state index is 12.8. The van der Waals surface area contributed by atoms with Crippen molar-refractivity contribution in [3.63, 3.8) is 0 Å². The molecule has 2 fully saturated rings. The molecule has 7 heteroatoms. The molecule has 1 aromatic rings. The van der Waals surface area contributed by atoms with Crippen LogP contribution in [0.5, 0.6) is 0 Å². The molecule has 2 N–H and O–H groups in total. The molecule has 18 heavy (non-hydrogen) atoms. The topological polar surface area (TPSA) is 56.6 Å². The molecule has 0 unspecified atom stereocenters. The van der Waals surface area contributed by atoms with Gasteiger partial charge in [-0.15, -0.1) is 0 Å². The average Bonchev–Trinajstić information content (AvgIpc) is 2.22. The van der Waals surface area contributed by atoms with E-state index >= 15 is 0 Å². The minimum atomic E-state index is -2.48. The maximum absolute atomic E-state index is 12.8. The first-order chi connectivity index (χ1) is 8.39. The molecule has 0 amide bonds. The van der Waals surface area contributed by atoms with Crippen LogP contribution in [-0.2, 0) is 0 Å². The van der Waals surface area contributed by atoms with Gasteiger partial charge in [-0.3, -0.25) is 0 Å². The van der Waals surface area contributed by atoms with Crippen LogP contribution in [0.15, 0.2) is 18.3 Å². The van der Waals surface area contributed by atoms with Gasteiger partial charge in [0.15, 0.2) is 0 Å². The van der Waals surface area contributed by atoms with Gasteiger partial charge in [-0.2, -0.15) is 0 Å². The molecule has 1 aliphatic heterocycles. The summed E-state index contributed by atoms with van der Waals surface area (Å²) in [6.45, 7) is 1.22. The average molecular weight is 254 g/mol. The number of rotatable bonds is 2. The van der Waals surface area contributed by atoms with E-state index in [1.54, 1.807) is 12.1 Å². The Kier molecular flexibility index (Phi) is 2.40. The summed E-state index contributed by atoms with van der Waals surface area (Å²) >= 11 is 0. The van der Waals surface area contributed by atoms with Crippen molar-refractivity contribution in [2.24, 2.45) is 5.41 Å². The van der Waals surface area contributed by atoms with Crippen LogP contribution in [0.1, 0.15) is 12.8 Å². The SMILES string of the molecule is OB(O)c1ccc(N2CC3(C2)CC(F)(F)C3)nc1. The van der Waals surface area contributed by atoms with Crippen molar-refractivity contribution in [3.8, 4) is 0 Å². The molecule has 2 aliphatic rings. The van der Waals surface area contributed by atoms with Crippen molar-refractivity contribution in [1.29, 1.82) is 0 Å². The number of hydrogen-bond donors (Lipinski definition) is 2. The Hall–Kier alpha value is -1.21. The van der Waals surface area contributed by atoms with Crippen LogP contribution < -0.4 is 10.4 Å². The fraction of sp³-hybridized carbons (Fsp3) is 0.545. The standard InChI is InChI=1S/C11H13BF2N2O2/c13-11(14)4-10(5-11)6-16(7-10)9-2-1-8(3-15-9)12(17)18/h1-3,17-18H,4-7H2. The van der Waals surface area contributed by atoms with Crippen LogP contribution in [0.4, 0.5) is 14.6 Å². The van der Waals surface area contributed by atoms with Gasteiger partial charge in [-0.25, -0.2) is 13.8 Å². The molecule has 0 radical (unpaired) electrons. The fourth-order valence-corrected chi connectivity index (χ4v) is 2.93. The van der Waals surface area contributed by atoms with Crippen LogP contribution in [0.3, 0.4) is 0 Å². The van der Waals surface area contributed by atoms with E-state index in [2.05, 4.69) is 4.98 Å². The molecule has 0 atom stereocenters. The number of anilines is 1. The molecule has 4 nitrogen and oxygen atoms in total. The predicted octanol–water partition coefficient (Wildman–Crippen LogP) is -0.00310. The summed E-state index contributed by atoms with van der Waals surface area (Å²) in [5.41, 5.74) is 0.101. The lowest BCUT2D eigenvalue weighted by molar-refractivity contribution is -0.170. The Balaban J connectivity index is 1.62. The van der Waals surface area contributed by atoms with E-state index < -0.39 is 13.0 Å². The van der Waals surface area contributed by atoms with E-state index in [4.69, 9.17) is 10.0 Å². The number of nitrogens with zero attached hydrogens (tertiary/aromatic N) is 2. The molecule has 1 saturated heterocycles. The highest BCUT2D eigenvalue weighted by atomic mass is 19.3. The van der Waals surface area contributed by atoms with Crippen molar-refractivity contribution < 1.29 is 18.8 Å². The van der Waals surface area contributed by atoms with Crippen molar-refractivity contribution in [2.75, 3.05) is 18.0 Å². The number of pyridine rings is 1. The normalized spacial score (nSPS) is 23.4. The fourth-order valence-electron chi connectivity index (χ4n) is 2.93. The zero-order chi connectivity index (χ0) is 13.0. The Morgan fingerprint density at radius 2 is 1.89 bits per heavy atom. The van der Waals surface area contributed by atoms with Crippen LogP contribution in [-0.4, -0.2) is 41.2 Å². The molecule has 0 bridgehead atoms. The van der Waals surface area contributed by atoms with Gasteiger partial charge in [0, 0.05) is 43.0 Å². The summed E-state index contributed by atoms with van der Waals surface area (Å²) in [6, 6.07) is 3.26. The third-order valence-electron chi connectivity index (χ3n) is 3.71.